The van der Waals surface area contributed by atoms with Gasteiger partial charge in [0.25, 0.3) is 5.69 Å². The highest BCUT2D eigenvalue weighted by Gasteiger charge is 2.34. The number of non-ortho nitro benzene ring substituents is 1. The number of carbonyl (C=O) groups is 2. The zero-order chi connectivity index (χ0) is 20.3. The summed E-state index contributed by atoms with van der Waals surface area (Å²) in [4.78, 5) is 34.6. The van der Waals surface area contributed by atoms with Crippen molar-refractivity contribution in [3.05, 3.63) is 75.5 Å². The maximum absolute atomic E-state index is 12.9. The molecule has 0 unspecified atom stereocenters. The van der Waals surface area contributed by atoms with Gasteiger partial charge in [0.05, 0.1) is 27.3 Å². The average Bonchev–Trinajstić information content (AvgIpc) is 2.67. The number of fused-ring (bicyclic) bond motifs is 1. The van der Waals surface area contributed by atoms with E-state index in [0.717, 1.165) is 6.07 Å². The van der Waals surface area contributed by atoms with E-state index in [1.165, 1.54) is 24.4 Å². The SMILES string of the molecule is CCO[C@H]1Oc2ccc([N+](=O)[O-])cc2C(=O)/C1=C/Nc1ccccc1C(=O)O. The number of carboxylic acids is 1. The van der Waals surface area contributed by atoms with Crippen LogP contribution < -0.4 is 10.1 Å². The third-order valence-corrected chi connectivity index (χ3v) is 4.03. The molecular formula is C19H16N2O7. The maximum atomic E-state index is 12.9. The molecule has 2 aromatic rings. The van der Waals surface area contributed by atoms with Crippen LogP contribution in [0.4, 0.5) is 11.4 Å². The Morgan fingerprint density at radius 3 is 2.79 bits per heavy atom. The number of nitro groups is 1. The summed E-state index contributed by atoms with van der Waals surface area (Å²) in [6, 6.07) is 9.91. The Morgan fingerprint density at radius 2 is 2.11 bits per heavy atom. The molecule has 0 radical (unpaired) electrons. The Kier molecular flexibility index (Phi) is 5.37. The van der Waals surface area contributed by atoms with Gasteiger partial charge in [0.15, 0.2) is 0 Å². The van der Waals surface area contributed by atoms with E-state index in [1.807, 2.05) is 0 Å². The van der Waals surface area contributed by atoms with E-state index in [1.54, 1.807) is 25.1 Å². The average molecular weight is 384 g/mol. The molecule has 0 saturated carbocycles. The van der Waals surface area contributed by atoms with Gasteiger partial charge in [-0.15, -0.1) is 0 Å². The van der Waals surface area contributed by atoms with Crippen molar-refractivity contribution in [2.75, 3.05) is 11.9 Å². The maximum Gasteiger partial charge on any atom is 0.337 e. The Hall–Kier alpha value is -3.72. The van der Waals surface area contributed by atoms with Gasteiger partial charge in [-0.2, -0.15) is 0 Å². The van der Waals surface area contributed by atoms with Gasteiger partial charge in [-0.05, 0) is 25.1 Å². The van der Waals surface area contributed by atoms with Crippen LogP contribution in [0.5, 0.6) is 5.75 Å². The predicted octanol–water partition coefficient (Wildman–Crippen LogP) is 3.23. The van der Waals surface area contributed by atoms with Gasteiger partial charge in [0, 0.05) is 24.9 Å². The van der Waals surface area contributed by atoms with Crippen molar-refractivity contribution in [2.24, 2.45) is 0 Å². The number of hydrogen-bond acceptors (Lipinski definition) is 7. The van der Waals surface area contributed by atoms with Gasteiger partial charge >= 0.3 is 5.97 Å². The van der Waals surface area contributed by atoms with Gasteiger partial charge in [0.2, 0.25) is 12.1 Å². The minimum atomic E-state index is -1.13. The number of carboxylic acid groups (broad SMARTS) is 1. The lowest BCUT2D eigenvalue weighted by atomic mass is 9.99. The first kappa shape index (κ1) is 19.1. The third-order valence-electron chi connectivity index (χ3n) is 4.03. The molecule has 0 amide bonds. The van der Waals surface area contributed by atoms with Crippen LogP contribution in [-0.2, 0) is 4.74 Å². The zero-order valence-corrected chi connectivity index (χ0v) is 14.7. The molecule has 0 aliphatic carbocycles. The first-order valence-electron chi connectivity index (χ1n) is 8.32. The highest BCUT2D eigenvalue weighted by Crippen LogP contribution is 2.34. The molecule has 28 heavy (non-hydrogen) atoms. The first-order valence-corrected chi connectivity index (χ1v) is 8.32. The number of nitrogens with zero attached hydrogens (tertiary/aromatic N) is 1. The molecule has 1 aliphatic heterocycles. The number of aromatic carboxylic acids is 1. The molecule has 1 aliphatic rings. The lowest BCUT2D eigenvalue weighted by Crippen LogP contribution is -2.33. The molecule has 144 valence electrons. The highest BCUT2D eigenvalue weighted by molar-refractivity contribution is 6.12. The normalized spacial score (nSPS) is 17.0. The summed E-state index contributed by atoms with van der Waals surface area (Å²) >= 11 is 0. The Morgan fingerprint density at radius 1 is 1.36 bits per heavy atom. The first-order chi connectivity index (χ1) is 13.4. The molecular weight excluding hydrogens is 368 g/mol. The fraction of sp³-hybridized carbons (Fsp3) is 0.158. The molecule has 0 bridgehead atoms. The lowest BCUT2D eigenvalue weighted by molar-refractivity contribution is -0.384. The van der Waals surface area contributed by atoms with Crippen molar-refractivity contribution in [1.29, 1.82) is 0 Å². The molecule has 2 aromatic carbocycles. The summed E-state index contributed by atoms with van der Waals surface area (Å²) in [7, 11) is 0. The minimum Gasteiger partial charge on any atom is -0.478 e. The van der Waals surface area contributed by atoms with Crippen LogP contribution >= 0.6 is 0 Å². The van der Waals surface area contributed by atoms with Crippen molar-refractivity contribution in [3.63, 3.8) is 0 Å². The number of carbonyl (C=O) groups excluding carboxylic acids is 1. The van der Waals surface area contributed by atoms with Crippen LogP contribution in [0.15, 0.2) is 54.2 Å². The van der Waals surface area contributed by atoms with Gasteiger partial charge in [-0.25, -0.2) is 4.79 Å². The van der Waals surface area contributed by atoms with E-state index in [9.17, 15) is 24.8 Å². The van der Waals surface area contributed by atoms with Crippen LogP contribution in [0.25, 0.3) is 0 Å². The summed E-state index contributed by atoms with van der Waals surface area (Å²) in [5, 5.41) is 23.1. The van der Waals surface area contributed by atoms with E-state index in [0.29, 0.717) is 0 Å². The summed E-state index contributed by atoms with van der Waals surface area (Å²) in [5.74, 6) is -1.46. The second kappa shape index (κ2) is 7.89. The number of Topliss-reactive ketones (excluding diaryl/α,β-unsaturated/α-hetero) is 1. The van der Waals surface area contributed by atoms with Crippen LogP contribution in [0.2, 0.25) is 0 Å². The Balaban J connectivity index is 1.99. The molecule has 3 rings (SSSR count). The van der Waals surface area contributed by atoms with E-state index >= 15 is 0 Å². The molecule has 0 saturated heterocycles. The molecule has 9 heteroatoms. The van der Waals surface area contributed by atoms with Crippen molar-refractivity contribution >= 4 is 23.1 Å². The van der Waals surface area contributed by atoms with Gasteiger partial charge in [-0.3, -0.25) is 14.9 Å². The highest BCUT2D eigenvalue weighted by atomic mass is 16.7. The monoisotopic (exact) mass is 384 g/mol. The molecule has 2 N–H and O–H groups in total. The topological polar surface area (TPSA) is 128 Å². The van der Waals surface area contributed by atoms with Crippen LogP contribution in [0.1, 0.15) is 27.6 Å². The Bertz CT molecular complexity index is 984. The quantitative estimate of drug-likeness (QED) is 0.441. The van der Waals surface area contributed by atoms with E-state index in [4.69, 9.17) is 9.47 Å². The Labute approximate surface area is 159 Å². The summed E-state index contributed by atoms with van der Waals surface area (Å²) in [5.41, 5.74) is 0.150. The predicted molar refractivity (Wildman–Crippen MR) is 98.6 cm³/mol. The smallest absolute Gasteiger partial charge is 0.337 e. The van der Waals surface area contributed by atoms with Crippen molar-refractivity contribution in [3.8, 4) is 5.75 Å². The molecule has 1 atom stereocenters. The zero-order valence-electron chi connectivity index (χ0n) is 14.7. The number of ketones is 1. The van der Waals surface area contributed by atoms with Gasteiger partial charge in [-0.1, -0.05) is 12.1 Å². The molecule has 9 nitrogen and oxygen atoms in total. The van der Waals surface area contributed by atoms with E-state index in [2.05, 4.69) is 5.32 Å². The van der Waals surface area contributed by atoms with Crippen LogP contribution in [0.3, 0.4) is 0 Å². The number of hydrogen-bond donors (Lipinski definition) is 2. The van der Waals surface area contributed by atoms with Crippen LogP contribution in [-0.4, -0.2) is 34.7 Å². The minimum absolute atomic E-state index is 0.0209. The second-order valence-corrected chi connectivity index (χ2v) is 5.77. The summed E-state index contributed by atoms with van der Waals surface area (Å²) < 4.78 is 11.1. The van der Waals surface area contributed by atoms with Gasteiger partial charge in [0.1, 0.15) is 5.75 Å². The molecule has 1 heterocycles. The van der Waals surface area contributed by atoms with Gasteiger partial charge < -0.3 is 19.9 Å². The number of anilines is 1. The molecule has 0 fully saturated rings. The van der Waals surface area contributed by atoms with Crippen LogP contribution in [0, 0.1) is 10.1 Å². The second-order valence-electron chi connectivity index (χ2n) is 5.77. The molecule has 0 aromatic heterocycles. The van der Waals surface area contributed by atoms with Crippen molar-refractivity contribution < 1.29 is 29.1 Å². The van der Waals surface area contributed by atoms with E-state index < -0.39 is 23.0 Å². The largest absolute Gasteiger partial charge is 0.478 e. The third kappa shape index (κ3) is 3.69. The number of nitrogens with one attached hydrogen (secondary N) is 1. The fourth-order valence-corrected chi connectivity index (χ4v) is 2.71. The summed E-state index contributed by atoms with van der Waals surface area (Å²) in [6.07, 6.45) is 0.266. The van der Waals surface area contributed by atoms with Crippen molar-refractivity contribution in [2.45, 2.75) is 13.2 Å². The number of para-hydroxylation sites is 1. The van der Waals surface area contributed by atoms with Crippen molar-refractivity contribution in [1.82, 2.24) is 0 Å². The van der Waals surface area contributed by atoms with E-state index in [-0.39, 0.29) is 40.4 Å². The fourth-order valence-electron chi connectivity index (χ4n) is 2.71. The number of nitro benzene ring substituents is 1. The number of rotatable bonds is 6. The molecule has 0 spiro atoms. The number of ether oxygens (including phenoxy) is 2. The number of benzene rings is 2. The lowest BCUT2D eigenvalue weighted by Gasteiger charge is -2.27. The summed E-state index contributed by atoms with van der Waals surface area (Å²) in [6.45, 7) is 1.98. The standard InChI is InChI=1S/C19H16N2O7/c1-2-27-19-14(10-20-15-6-4-3-5-12(15)18(23)24)17(22)13-9-11(21(25)26)7-8-16(13)28-19/h3-10,19-20H,2H2,1H3,(H,23,24)/b14-10-/t19-/m0/s1.